The van der Waals surface area contributed by atoms with Gasteiger partial charge in [-0.2, -0.15) is 0 Å². The molecule has 0 saturated heterocycles. The van der Waals surface area contributed by atoms with Gasteiger partial charge < -0.3 is 0 Å². The first kappa shape index (κ1) is 12.4. The summed E-state index contributed by atoms with van der Waals surface area (Å²) >= 11 is 5.87. The molecule has 0 saturated carbocycles. The minimum absolute atomic E-state index is 0.761. The van der Waals surface area contributed by atoms with E-state index < -0.39 is 5.10 Å². The summed E-state index contributed by atoms with van der Waals surface area (Å²) in [4.78, 5) is 0. The van der Waals surface area contributed by atoms with Gasteiger partial charge in [0.2, 0.25) is 0 Å². The SMILES string of the molecule is CCCO[P+]([Se])([Se-])OCCC. The Morgan fingerprint density at radius 1 is 1.18 bits per heavy atom. The topological polar surface area (TPSA) is 18.5 Å². The normalized spacial score (nSPS) is 12.0. The second-order valence-corrected chi connectivity index (χ2v) is 13.1. The Kier molecular flexibility index (Phi) is 7.72. The zero-order valence-corrected chi connectivity index (χ0v) is 11.2. The maximum atomic E-state index is 5.46. The Bertz CT molecular complexity index is 90.6. The summed E-state index contributed by atoms with van der Waals surface area (Å²) in [6.45, 7) is 5.69. The maximum absolute atomic E-state index is 5.46. The molecule has 11 heavy (non-hydrogen) atoms. The predicted octanol–water partition coefficient (Wildman–Crippen LogP) is 1.85. The molecule has 0 rings (SSSR count). The van der Waals surface area contributed by atoms with Gasteiger partial charge in [-0.1, -0.05) is 0 Å². The molecule has 0 aromatic rings. The summed E-state index contributed by atoms with van der Waals surface area (Å²) in [6, 6.07) is 0. The molecule has 0 aromatic carbocycles. The molecule has 0 unspecified atom stereocenters. The number of rotatable bonds is 6. The van der Waals surface area contributed by atoms with Crippen LogP contribution < -0.4 is 0 Å². The van der Waals surface area contributed by atoms with Crippen LogP contribution in [0.4, 0.5) is 0 Å². The summed E-state index contributed by atoms with van der Waals surface area (Å²) in [5, 5.41) is -1.73. The molecular formula is C6H14O2PSe2. The van der Waals surface area contributed by atoms with E-state index in [0.29, 0.717) is 0 Å². The van der Waals surface area contributed by atoms with E-state index in [9.17, 15) is 0 Å². The van der Waals surface area contributed by atoms with Crippen molar-refractivity contribution in [3.8, 4) is 0 Å². The van der Waals surface area contributed by atoms with Crippen molar-refractivity contribution >= 4 is 36.2 Å². The fourth-order valence-electron chi connectivity index (χ4n) is 0.443. The van der Waals surface area contributed by atoms with Gasteiger partial charge in [0.25, 0.3) is 0 Å². The monoisotopic (exact) mass is 309 g/mol. The average Bonchev–Trinajstić information content (AvgIpc) is 1.97. The molecule has 2 nitrogen and oxygen atoms in total. The molecule has 1 radical (unpaired) electrons. The minimum atomic E-state index is -1.73. The summed E-state index contributed by atoms with van der Waals surface area (Å²) in [5.41, 5.74) is 0. The molecule has 0 atom stereocenters. The first-order valence-corrected chi connectivity index (χ1v) is 9.78. The van der Waals surface area contributed by atoms with Crippen molar-refractivity contribution in [3.05, 3.63) is 0 Å². The van der Waals surface area contributed by atoms with Gasteiger partial charge in [-0.3, -0.25) is 0 Å². The first-order valence-electron chi connectivity index (χ1n) is 3.72. The molecule has 0 N–H and O–H groups in total. The van der Waals surface area contributed by atoms with E-state index in [1.807, 2.05) is 0 Å². The molecule has 5 heteroatoms. The summed E-state index contributed by atoms with van der Waals surface area (Å²) in [5.74, 6) is 0. The van der Waals surface area contributed by atoms with E-state index in [2.05, 4.69) is 45.0 Å². The Labute approximate surface area is 85.1 Å². The first-order chi connectivity index (χ1) is 5.12. The number of hydrogen-bond acceptors (Lipinski definition) is 2. The summed E-state index contributed by atoms with van der Waals surface area (Å²) in [6.07, 6.45) is 2.06. The van der Waals surface area contributed by atoms with Gasteiger partial charge in [-0.25, -0.2) is 0 Å². The van der Waals surface area contributed by atoms with Crippen LogP contribution in [0.15, 0.2) is 0 Å². The van der Waals surface area contributed by atoms with Crippen molar-refractivity contribution in [3.63, 3.8) is 0 Å². The van der Waals surface area contributed by atoms with Crippen LogP contribution in [0.1, 0.15) is 26.7 Å². The van der Waals surface area contributed by atoms with E-state index in [1.54, 1.807) is 0 Å². The van der Waals surface area contributed by atoms with E-state index in [0.717, 1.165) is 26.1 Å². The van der Waals surface area contributed by atoms with E-state index in [4.69, 9.17) is 9.05 Å². The Morgan fingerprint density at radius 2 is 1.55 bits per heavy atom. The van der Waals surface area contributed by atoms with Crippen LogP contribution in [0.3, 0.4) is 0 Å². The van der Waals surface area contributed by atoms with Crippen LogP contribution in [0.25, 0.3) is 0 Å². The van der Waals surface area contributed by atoms with Gasteiger partial charge in [0.15, 0.2) is 0 Å². The second kappa shape index (κ2) is 6.86. The van der Waals surface area contributed by atoms with Gasteiger partial charge >= 0.3 is 85.2 Å². The Balaban J connectivity index is 3.43. The van der Waals surface area contributed by atoms with Crippen molar-refractivity contribution in [2.24, 2.45) is 0 Å². The van der Waals surface area contributed by atoms with Gasteiger partial charge in [0.05, 0.1) is 0 Å². The molecule has 0 bridgehead atoms. The zero-order chi connectivity index (χ0) is 8.74. The van der Waals surface area contributed by atoms with Crippen LogP contribution in [0.5, 0.6) is 0 Å². The van der Waals surface area contributed by atoms with Crippen molar-refractivity contribution in [2.45, 2.75) is 26.7 Å². The molecule has 0 aliphatic carbocycles. The van der Waals surface area contributed by atoms with Crippen molar-refractivity contribution in [2.75, 3.05) is 13.2 Å². The van der Waals surface area contributed by atoms with E-state index >= 15 is 0 Å². The third-order valence-corrected chi connectivity index (χ3v) is 4.56. The molecule has 0 aromatic heterocycles. The van der Waals surface area contributed by atoms with Gasteiger partial charge in [-0.15, -0.1) is 0 Å². The third-order valence-electron chi connectivity index (χ3n) is 0.907. The van der Waals surface area contributed by atoms with Crippen molar-refractivity contribution in [1.29, 1.82) is 0 Å². The third kappa shape index (κ3) is 7.74. The van der Waals surface area contributed by atoms with Gasteiger partial charge in [0, 0.05) is 0 Å². The molecule has 0 aliphatic rings. The quantitative estimate of drug-likeness (QED) is 0.551. The molecule has 0 amide bonds. The number of hydrogen-bond donors (Lipinski definition) is 0. The molecule has 0 fully saturated rings. The summed E-state index contributed by atoms with van der Waals surface area (Å²) < 4.78 is 10.9. The Morgan fingerprint density at radius 3 is 1.82 bits per heavy atom. The molecule has 0 spiro atoms. The summed E-state index contributed by atoms with van der Waals surface area (Å²) in [7, 11) is 0. The van der Waals surface area contributed by atoms with Crippen molar-refractivity contribution < 1.29 is 9.05 Å². The van der Waals surface area contributed by atoms with Crippen molar-refractivity contribution in [1.82, 2.24) is 0 Å². The van der Waals surface area contributed by atoms with Crippen LogP contribution in [-0.2, 0) is 9.05 Å². The fourth-order valence-corrected chi connectivity index (χ4v) is 3.21. The molecular weight excluding hydrogens is 293 g/mol. The molecule has 0 aliphatic heterocycles. The van der Waals surface area contributed by atoms with Crippen LogP contribution in [0, 0.1) is 0 Å². The van der Waals surface area contributed by atoms with Crippen LogP contribution in [0.2, 0.25) is 0 Å². The standard InChI is InChI=1S/C6H14O2PSe2/c1-3-5-7-9(10,11)8-6-4-2/h3-6H2,1-2H3. The van der Waals surface area contributed by atoms with E-state index in [-0.39, 0.29) is 0 Å². The van der Waals surface area contributed by atoms with Crippen LogP contribution in [-0.4, -0.2) is 44.4 Å². The Hall–Kier alpha value is 1.39. The predicted molar refractivity (Wildman–Crippen MR) is 50.9 cm³/mol. The van der Waals surface area contributed by atoms with E-state index in [1.165, 1.54) is 0 Å². The zero-order valence-electron chi connectivity index (χ0n) is 6.91. The fraction of sp³-hybridized carbons (Fsp3) is 1.00. The van der Waals surface area contributed by atoms with Crippen LogP contribution >= 0.6 is 5.10 Å². The molecule has 67 valence electrons. The van der Waals surface area contributed by atoms with Gasteiger partial charge in [-0.05, 0) is 0 Å². The van der Waals surface area contributed by atoms with Gasteiger partial charge in [0.1, 0.15) is 0 Å². The second-order valence-electron chi connectivity index (χ2n) is 2.11. The average molecular weight is 307 g/mol. The molecule has 0 heterocycles.